The fourth-order valence-electron chi connectivity index (χ4n) is 2.28. The van der Waals surface area contributed by atoms with Gasteiger partial charge in [-0.3, -0.25) is 9.69 Å². The van der Waals surface area contributed by atoms with Gasteiger partial charge in [-0.2, -0.15) is 0 Å². The van der Waals surface area contributed by atoms with E-state index in [9.17, 15) is 4.79 Å². The van der Waals surface area contributed by atoms with Crippen molar-refractivity contribution in [1.82, 2.24) is 4.90 Å². The number of carbonyl (C=O) groups is 1. The quantitative estimate of drug-likeness (QED) is 0.665. The van der Waals surface area contributed by atoms with Crippen LogP contribution in [-0.2, 0) is 14.3 Å². The topological polar surface area (TPSA) is 38.8 Å². The summed E-state index contributed by atoms with van der Waals surface area (Å²) in [7, 11) is 1.45. The number of nitrogens with zero attached hydrogens (tertiary/aromatic N) is 1. The van der Waals surface area contributed by atoms with Gasteiger partial charge in [-0.1, -0.05) is 13.8 Å². The maximum Gasteiger partial charge on any atom is 0.306 e. The number of carbonyl (C=O) groups excluding carboxylic acids is 1. The lowest BCUT2D eigenvalue weighted by Crippen LogP contribution is -2.42. The smallest absolute Gasteiger partial charge is 0.306 e. The van der Waals surface area contributed by atoms with E-state index in [-0.39, 0.29) is 5.97 Å². The van der Waals surface area contributed by atoms with Crippen molar-refractivity contribution >= 4 is 5.97 Å². The van der Waals surface area contributed by atoms with Crippen molar-refractivity contribution in [2.45, 2.75) is 39.2 Å². The number of hydrogen-bond acceptors (Lipinski definition) is 4. The Morgan fingerprint density at radius 3 is 2.59 bits per heavy atom. The molecule has 0 aliphatic carbocycles. The van der Waals surface area contributed by atoms with Crippen LogP contribution in [0.1, 0.15) is 33.1 Å². The highest BCUT2D eigenvalue weighted by Crippen LogP contribution is 2.16. The van der Waals surface area contributed by atoms with Crippen LogP contribution in [0.5, 0.6) is 0 Å². The first-order valence-electron chi connectivity index (χ1n) is 6.52. The summed E-state index contributed by atoms with van der Waals surface area (Å²) in [6.45, 7) is 7.96. The van der Waals surface area contributed by atoms with E-state index in [0.29, 0.717) is 18.4 Å². The zero-order valence-electron chi connectivity index (χ0n) is 11.3. The van der Waals surface area contributed by atoms with Gasteiger partial charge in [0, 0.05) is 32.3 Å². The van der Waals surface area contributed by atoms with Crippen LogP contribution in [0.15, 0.2) is 0 Å². The maximum absolute atomic E-state index is 11.2. The van der Waals surface area contributed by atoms with Crippen LogP contribution < -0.4 is 0 Å². The van der Waals surface area contributed by atoms with E-state index in [0.717, 1.165) is 39.1 Å². The average Bonchev–Trinajstić information content (AvgIpc) is 2.34. The second kappa shape index (κ2) is 7.67. The summed E-state index contributed by atoms with van der Waals surface area (Å²) in [4.78, 5) is 13.6. The molecule has 100 valence electrons. The summed E-state index contributed by atoms with van der Waals surface area (Å²) in [6, 6.07) is 0.566. The van der Waals surface area contributed by atoms with E-state index in [4.69, 9.17) is 9.47 Å². The van der Waals surface area contributed by atoms with Crippen LogP contribution in [0.4, 0.5) is 0 Å². The number of rotatable bonds is 6. The van der Waals surface area contributed by atoms with Gasteiger partial charge in [0.05, 0.1) is 13.5 Å². The van der Waals surface area contributed by atoms with Gasteiger partial charge in [-0.15, -0.1) is 0 Å². The molecule has 0 amide bonds. The molecule has 1 fully saturated rings. The molecule has 1 aliphatic rings. The Balaban J connectivity index is 2.43. The van der Waals surface area contributed by atoms with Crippen LogP contribution in [0.3, 0.4) is 0 Å². The van der Waals surface area contributed by atoms with Crippen molar-refractivity contribution in [2.75, 3.05) is 33.4 Å². The largest absolute Gasteiger partial charge is 0.469 e. The lowest BCUT2D eigenvalue weighted by Gasteiger charge is -2.35. The minimum atomic E-state index is -0.120. The SMILES string of the molecule is COC(=O)CCN(CC(C)C)C1CCOCC1. The van der Waals surface area contributed by atoms with Gasteiger partial charge in [0.25, 0.3) is 0 Å². The van der Waals surface area contributed by atoms with E-state index < -0.39 is 0 Å². The Morgan fingerprint density at radius 1 is 1.41 bits per heavy atom. The number of ether oxygens (including phenoxy) is 2. The van der Waals surface area contributed by atoms with E-state index in [1.54, 1.807) is 0 Å². The zero-order chi connectivity index (χ0) is 12.7. The van der Waals surface area contributed by atoms with Gasteiger partial charge in [-0.25, -0.2) is 0 Å². The first-order valence-corrected chi connectivity index (χ1v) is 6.52. The van der Waals surface area contributed by atoms with Gasteiger partial charge in [0.15, 0.2) is 0 Å². The number of methoxy groups -OCH3 is 1. The maximum atomic E-state index is 11.2. The van der Waals surface area contributed by atoms with Crippen LogP contribution >= 0.6 is 0 Å². The summed E-state index contributed by atoms with van der Waals surface area (Å²) in [5.41, 5.74) is 0. The molecular formula is C13H25NO3. The lowest BCUT2D eigenvalue weighted by molar-refractivity contribution is -0.141. The predicted molar refractivity (Wildman–Crippen MR) is 66.9 cm³/mol. The molecule has 0 bridgehead atoms. The predicted octanol–water partition coefficient (Wildman–Crippen LogP) is 1.69. The second-order valence-electron chi connectivity index (χ2n) is 5.06. The van der Waals surface area contributed by atoms with Crippen LogP contribution in [0.25, 0.3) is 0 Å². The summed E-state index contributed by atoms with van der Waals surface area (Å²) in [5.74, 6) is 0.501. The molecule has 4 heteroatoms. The average molecular weight is 243 g/mol. The van der Waals surface area contributed by atoms with Crippen molar-refractivity contribution in [3.8, 4) is 0 Å². The van der Waals surface area contributed by atoms with E-state index in [1.165, 1.54) is 7.11 Å². The van der Waals surface area contributed by atoms with Gasteiger partial charge in [-0.05, 0) is 18.8 Å². The van der Waals surface area contributed by atoms with E-state index in [2.05, 4.69) is 18.7 Å². The molecule has 0 N–H and O–H groups in total. The third-order valence-electron chi connectivity index (χ3n) is 3.14. The normalized spacial score (nSPS) is 17.7. The molecule has 0 saturated carbocycles. The fourth-order valence-corrected chi connectivity index (χ4v) is 2.28. The highest BCUT2D eigenvalue weighted by atomic mass is 16.5. The Morgan fingerprint density at radius 2 is 2.06 bits per heavy atom. The molecule has 1 rings (SSSR count). The van der Waals surface area contributed by atoms with Gasteiger partial charge in [0.2, 0.25) is 0 Å². The molecular weight excluding hydrogens is 218 g/mol. The minimum absolute atomic E-state index is 0.120. The molecule has 0 aromatic rings. The standard InChI is InChI=1S/C13H25NO3/c1-11(2)10-14(7-4-13(15)16-3)12-5-8-17-9-6-12/h11-12H,4-10H2,1-3H3. The van der Waals surface area contributed by atoms with E-state index >= 15 is 0 Å². The molecule has 0 atom stereocenters. The van der Waals surface area contributed by atoms with Gasteiger partial charge >= 0.3 is 5.97 Å². The molecule has 0 aromatic carbocycles. The monoisotopic (exact) mass is 243 g/mol. The number of esters is 1. The molecule has 1 saturated heterocycles. The Labute approximate surface area is 104 Å². The van der Waals surface area contributed by atoms with Gasteiger partial charge in [0.1, 0.15) is 0 Å². The van der Waals surface area contributed by atoms with Crippen molar-refractivity contribution in [1.29, 1.82) is 0 Å². The highest BCUT2D eigenvalue weighted by molar-refractivity contribution is 5.69. The van der Waals surface area contributed by atoms with Crippen molar-refractivity contribution in [3.05, 3.63) is 0 Å². The zero-order valence-corrected chi connectivity index (χ0v) is 11.3. The van der Waals surface area contributed by atoms with Crippen LogP contribution in [-0.4, -0.2) is 50.3 Å². The molecule has 0 spiro atoms. The third kappa shape index (κ3) is 5.50. The molecule has 1 aliphatic heterocycles. The van der Waals surface area contributed by atoms with Crippen LogP contribution in [0, 0.1) is 5.92 Å². The molecule has 0 radical (unpaired) electrons. The second-order valence-corrected chi connectivity index (χ2v) is 5.06. The molecule has 1 heterocycles. The minimum Gasteiger partial charge on any atom is -0.469 e. The Hall–Kier alpha value is -0.610. The Bertz CT molecular complexity index is 225. The molecule has 0 aromatic heterocycles. The summed E-state index contributed by atoms with van der Waals surface area (Å²) in [5, 5.41) is 0. The summed E-state index contributed by atoms with van der Waals surface area (Å²) >= 11 is 0. The molecule has 4 nitrogen and oxygen atoms in total. The summed E-state index contributed by atoms with van der Waals surface area (Å²) in [6.07, 6.45) is 2.64. The molecule has 17 heavy (non-hydrogen) atoms. The number of hydrogen-bond donors (Lipinski definition) is 0. The fraction of sp³-hybridized carbons (Fsp3) is 0.923. The highest BCUT2D eigenvalue weighted by Gasteiger charge is 2.22. The summed E-state index contributed by atoms with van der Waals surface area (Å²) < 4.78 is 10.1. The first kappa shape index (κ1) is 14.5. The first-order chi connectivity index (χ1) is 8.13. The van der Waals surface area contributed by atoms with Crippen molar-refractivity contribution in [3.63, 3.8) is 0 Å². The Kier molecular flexibility index (Phi) is 6.52. The van der Waals surface area contributed by atoms with Gasteiger partial charge < -0.3 is 9.47 Å². The van der Waals surface area contributed by atoms with E-state index in [1.807, 2.05) is 0 Å². The molecule has 0 unspecified atom stereocenters. The lowest BCUT2D eigenvalue weighted by atomic mass is 10.0. The third-order valence-corrected chi connectivity index (χ3v) is 3.14. The van der Waals surface area contributed by atoms with Crippen molar-refractivity contribution < 1.29 is 14.3 Å². The van der Waals surface area contributed by atoms with Crippen molar-refractivity contribution in [2.24, 2.45) is 5.92 Å². The van der Waals surface area contributed by atoms with Crippen LogP contribution in [0.2, 0.25) is 0 Å².